The van der Waals surface area contributed by atoms with Gasteiger partial charge in [-0.25, -0.2) is 9.97 Å². The summed E-state index contributed by atoms with van der Waals surface area (Å²) >= 11 is 0. The predicted molar refractivity (Wildman–Crippen MR) is 196 cm³/mol. The van der Waals surface area contributed by atoms with Gasteiger partial charge in [0.2, 0.25) is 0 Å². The molecule has 4 nitrogen and oxygen atoms in total. The van der Waals surface area contributed by atoms with Crippen molar-refractivity contribution >= 4 is 54.8 Å². The number of benzene rings is 7. The number of nitrogens with zero attached hydrogens (tertiary/aromatic N) is 2. The van der Waals surface area contributed by atoms with Crippen molar-refractivity contribution < 1.29 is 8.83 Å². The molecule has 0 unspecified atom stereocenters. The summed E-state index contributed by atoms with van der Waals surface area (Å²) in [5.74, 6) is 0.627. The van der Waals surface area contributed by atoms with E-state index < -0.39 is 0 Å². The molecule has 0 aliphatic carbocycles. The van der Waals surface area contributed by atoms with Crippen LogP contribution >= 0.6 is 0 Å². The van der Waals surface area contributed by atoms with Crippen LogP contribution in [0.3, 0.4) is 0 Å². The molecular weight excluding hydrogens is 588 g/mol. The lowest BCUT2D eigenvalue weighted by atomic mass is 9.97. The summed E-state index contributed by atoms with van der Waals surface area (Å²) in [5.41, 5.74) is 11.2. The first kappa shape index (κ1) is 26.7. The van der Waals surface area contributed by atoms with Crippen molar-refractivity contribution in [2.75, 3.05) is 0 Å². The SMILES string of the molecule is c1ccc(-c2cccc(-c3ccc4oc5cccc(-c6nc(-c7ccc8ccccc8c7)c7oc8ccccc8c7n6)c5c4c3)c2)cc1. The number of hydrogen-bond donors (Lipinski definition) is 0. The average Bonchev–Trinajstić information content (AvgIpc) is 3.73. The molecule has 10 aromatic rings. The summed E-state index contributed by atoms with van der Waals surface area (Å²) in [6.45, 7) is 0. The van der Waals surface area contributed by atoms with E-state index in [1.807, 2.05) is 36.4 Å². The number of para-hydroxylation sites is 1. The lowest BCUT2D eigenvalue weighted by Gasteiger charge is -2.09. The smallest absolute Gasteiger partial charge is 0.180 e. The molecule has 48 heavy (non-hydrogen) atoms. The van der Waals surface area contributed by atoms with Gasteiger partial charge in [0.15, 0.2) is 11.4 Å². The maximum absolute atomic E-state index is 6.45. The topological polar surface area (TPSA) is 52.1 Å². The number of aromatic nitrogens is 2. The quantitative estimate of drug-likeness (QED) is 0.198. The van der Waals surface area contributed by atoms with Gasteiger partial charge in [-0.15, -0.1) is 0 Å². The number of rotatable bonds is 4. The van der Waals surface area contributed by atoms with Crippen LogP contribution in [-0.4, -0.2) is 9.97 Å². The van der Waals surface area contributed by atoms with Crippen molar-refractivity contribution in [2.45, 2.75) is 0 Å². The molecule has 0 aliphatic rings. The van der Waals surface area contributed by atoms with Crippen molar-refractivity contribution in [3.63, 3.8) is 0 Å². The van der Waals surface area contributed by atoms with Crippen LogP contribution in [0.4, 0.5) is 0 Å². The molecule has 0 atom stereocenters. The highest BCUT2D eigenvalue weighted by molar-refractivity contribution is 6.14. The largest absolute Gasteiger partial charge is 0.456 e. The Morgan fingerprint density at radius 3 is 2.00 bits per heavy atom. The van der Waals surface area contributed by atoms with E-state index in [0.29, 0.717) is 11.4 Å². The molecule has 10 rings (SSSR count). The monoisotopic (exact) mass is 614 g/mol. The van der Waals surface area contributed by atoms with E-state index >= 15 is 0 Å². The molecule has 224 valence electrons. The minimum Gasteiger partial charge on any atom is -0.456 e. The molecule has 0 radical (unpaired) electrons. The van der Waals surface area contributed by atoms with Crippen molar-refractivity contribution in [3.8, 4) is 44.9 Å². The van der Waals surface area contributed by atoms with Crippen LogP contribution in [0.2, 0.25) is 0 Å². The Bertz CT molecular complexity index is 2850. The second-order valence-corrected chi connectivity index (χ2v) is 12.2. The van der Waals surface area contributed by atoms with E-state index in [1.165, 1.54) is 16.5 Å². The van der Waals surface area contributed by atoms with Crippen LogP contribution in [0.1, 0.15) is 0 Å². The third kappa shape index (κ3) is 4.24. The lowest BCUT2D eigenvalue weighted by Crippen LogP contribution is -1.94. The first-order valence-electron chi connectivity index (χ1n) is 16.1. The van der Waals surface area contributed by atoms with Gasteiger partial charge in [0.05, 0.1) is 0 Å². The van der Waals surface area contributed by atoms with Crippen molar-refractivity contribution in [1.29, 1.82) is 0 Å². The molecule has 3 aromatic heterocycles. The normalized spacial score (nSPS) is 11.8. The molecule has 0 N–H and O–H groups in total. The summed E-state index contributed by atoms with van der Waals surface area (Å²) in [5, 5.41) is 5.30. The van der Waals surface area contributed by atoms with Crippen molar-refractivity contribution in [1.82, 2.24) is 9.97 Å². The van der Waals surface area contributed by atoms with Crippen LogP contribution in [0.25, 0.3) is 99.7 Å². The van der Waals surface area contributed by atoms with Gasteiger partial charge in [0.1, 0.15) is 28.0 Å². The van der Waals surface area contributed by atoms with Crippen LogP contribution in [0.15, 0.2) is 167 Å². The number of hydrogen-bond acceptors (Lipinski definition) is 4. The van der Waals surface area contributed by atoms with Crippen molar-refractivity contribution in [3.05, 3.63) is 158 Å². The van der Waals surface area contributed by atoms with E-state index in [4.69, 9.17) is 18.8 Å². The Hall–Kier alpha value is -6.52. The van der Waals surface area contributed by atoms with Gasteiger partial charge in [-0.05, 0) is 75.5 Å². The minimum atomic E-state index is 0.627. The molecule has 0 amide bonds. The fraction of sp³-hybridized carbons (Fsp3) is 0. The minimum absolute atomic E-state index is 0.627. The molecule has 0 spiro atoms. The standard InChI is InChI=1S/C44H26N2O2/c1-2-10-27(11-3-1)30-14-8-15-31(24-30)32-22-23-38-36(26-32)40-35(17-9-19-39(40)47-38)44-45-41(33-21-20-28-12-4-5-13-29(28)25-33)43-42(46-44)34-16-6-7-18-37(34)48-43/h1-26H. The number of furan rings is 2. The van der Waals surface area contributed by atoms with Gasteiger partial charge in [-0.3, -0.25) is 0 Å². The summed E-state index contributed by atoms with van der Waals surface area (Å²) < 4.78 is 12.9. The first-order chi connectivity index (χ1) is 23.8. The summed E-state index contributed by atoms with van der Waals surface area (Å²) in [6.07, 6.45) is 0. The molecule has 0 fully saturated rings. The van der Waals surface area contributed by atoms with E-state index in [1.54, 1.807) is 0 Å². The summed E-state index contributed by atoms with van der Waals surface area (Å²) in [4.78, 5) is 10.5. The Kier molecular flexibility index (Phi) is 5.84. The zero-order chi connectivity index (χ0) is 31.6. The zero-order valence-electron chi connectivity index (χ0n) is 25.7. The van der Waals surface area contributed by atoms with E-state index in [0.717, 1.165) is 71.8 Å². The number of fused-ring (bicyclic) bond motifs is 7. The van der Waals surface area contributed by atoms with Crippen LogP contribution < -0.4 is 0 Å². The third-order valence-electron chi connectivity index (χ3n) is 9.28. The molecule has 0 bridgehead atoms. The average molecular weight is 615 g/mol. The van der Waals surface area contributed by atoms with Gasteiger partial charge in [0, 0.05) is 27.3 Å². The highest BCUT2D eigenvalue weighted by Gasteiger charge is 2.21. The molecule has 4 heteroatoms. The van der Waals surface area contributed by atoms with Crippen molar-refractivity contribution in [2.24, 2.45) is 0 Å². The Morgan fingerprint density at radius 1 is 0.396 bits per heavy atom. The fourth-order valence-electron chi connectivity index (χ4n) is 6.95. The third-order valence-corrected chi connectivity index (χ3v) is 9.28. The van der Waals surface area contributed by atoms with Crippen LogP contribution in [0, 0.1) is 0 Å². The van der Waals surface area contributed by atoms with Crippen LogP contribution in [-0.2, 0) is 0 Å². The molecule has 0 saturated carbocycles. The first-order valence-corrected chi connectivity index (χ1v) is 16.1. The molecular formula is C44H26N2O2. The summed E-state index contributed by atoms with van der Waals surface area (Å²) in [7, 11) is 0. The summed E-state index contributed by atoms with van der Waals surface area (Å²) in [6, 6.07) is 54.6. The molecule has 0 aliphatic heterocycles. The van der Waals surface area contributed by atoms with Gasteiger partial charge in [-0.1, -0.05) is 115 Å². The second kappa shape index (κ2) is 10.5. The van der Waals surface area contributed by atoms with E-state index in [-0.39, 0.29) is 0 Å². The lowest BCUT2D eigenvalue weighted by molar-refractivity contribution is 0.667. The maximum atomic E-state index is 6.45. The maximum Gasteiger partial charge on any atom is 0.180 e. The molecule has 3 heterocycles. The van der Waals surface area contributed by atoms with E-state index in [9.17, 15) is 0 Å². The molecule has 0 saturated heterocycles. The Balaban J connectivity index is 1.20. The highest BCUT2D eigenvalue weighted by Crippen LogP contribution is 2.41. The van der Waals surface area contributed by atoms with Gasteiger partial charge in [0.25, 0.3) is 0 Å². The van der Waals surface area contributed by atoms with Gasteiger partial charge in [-0.2, -0.15) is 0 Å². The zero-order valence-corrected chi connectivity index (χ0v) is 25.7. The van der Waals surface area contributed by atoms with Gasteiger partial charge < -0.3 is 8.83 Å². The predicted octanol–water partition coefficient (Wildman–Crippen LogP) is 12.1. The van der Waals surface area contributed by atoms with Gasteiger partial charge >= 0.3 is 0 Å². The second-order valence-electron chi connectivity index (χ2n) is 12.2. The van der Waals surface area contributed by atoms with E-state index in [2.05, 4.69) is 121 Å². The molecule has 7 aromatic carbocycles. The Morgan fingerprint density at radius 2 is 1.08 bits per heavy atom. The Labute approximate surface area is 275 Å². The fourth-order valence-corrected chi connectivity index (χ4v) is 6.95. The highest BCUT2D eigenvalue weighted by atomic mass is 16.3. The van der Waals surface area contributed by atoms with Crippen LogP contribution in [0.5, 0.6) is 0 Å².